The second-order valence-corrected chi connectivity index (χ2v) is 7.75. The molecule has 1 aliphatic rings. The molecule has 1 aliphatic carbocycles. The summed E-state index contributed by atoms with van der Waals surface area (Å²) in [4.78, 5) is 3.43. The van der Waals surface area contributed by atoms with Crippen LogP contribution in [0.4, 0.5) is 0 Å². The molecule has 0 fully saturated rings. The molecule has 1 heterocycles. The lowest BCUT2D eigenvalue weighted by atomic mass is 9.99. The Bertz CT molecular complexity index is 552. The van der Waals surface area contributed by atoms with E-state index in [-0.39, 0.29) is 0 Å². The van der Waals surface area contributed by atoms with Crippen molar-refractivity contribution in [1.29, 1.82) is 0 Å². The topological polar surface area (TPSA) is 0 Å². The van der Waals surface area contributed by atoms with E-state index in [1.165, 1.54) is 36.1 Å². The van der Waals surface area contributed by atoms with Gasteiger partial charge in [-0.1, -0.05) is 45.7 Å². The lowest BCUT2D eigenvalue weighted by Gasteiger charge is -2.09. The molecule has 0 spiro atoms. The molecular formula is C16H16BrClS. The highest BCUT2D eigenvalue weighted by Gasteiger charge is 2.18. The van der Waals surface area contributed by atoms with Crippen LogP contribution in [0.25, 0.3) is 0 Å². The summed E-state index contributed by atoms with van der Waals surface area (Å²) in [5, 5.41) is 0.869. The fourth-order valence-corrected chi connectivity index (χ4v) is 4.84. The van der Waals surface area contributed by atoms with Crippen molar-refractivity contribution in [2.24, 2.45) is 0 Å². The molecular weight excluding hydrogens is 340 g/mol. The molecule has 3 heteroatoms. The predicted octanol–water partition coefficient (Wildman–Crippen LogP) is 5.96. The van der Waals surface area contributed by atoms with Crippen LogP contribution in [0.1, 0.15) is 38.6 Å². The average Bonchev–Trinajstić information content (AvgIpc) is 2.85. The van der Waals surface area contributed by atoms with Crippen LogP contribution in [0.3, 0.4) is 0 Å². The maximum atomic E-state index is 6.24. The van der Waals surface area contributed by atoms with E-state index in [2.05, 4.69) is 34.1 Å². The molecule has 100 valence electrons. The van der Waals surface area contributed by atoms with Gasteiger partial charge in [0, 0.05) is 14.8 Å². The molecule has 1 aromatic heterocycles. The van der Waals surface area contributed by atoms with E-state index in [0.29, 0.717) is 4.83 Å². The zero-order valence-electron chi connectivity index (χ0n) is 10.7. The van der Waals surface area contributed by atoms with Gasteiger partial charge in [0.1, 0.15) is 0 Å². The van der Waals surface area contributed by atoms with Crippen LogP contribution in [0, 0.1) is 0 Å². The van der Waals surface area contributed by atoms with Gasteiger partial charge >= 0.3 is 0 Å². The lowest BCUT2D eigenvalue weighted by molar-refractivity contribution is 0.697. The molecule has 0 bridgehead atoms. The van der Waals surface area contributed by atoms with Crippen LogP contribution in [-0.2, 0) is 19.3 Å². The highest BCUT2D eigenvalue weighted by molar-refractivity contribution is 9.09. The summed E-state index contributed by atoms with van der Waals surface area (Å²) in [5.74, 6) is 0. The number of alkyl halides is 1. The third-order valence-corrected chi connectivity index (χ3v) is 6.52. The Hall–Kier alpha value is -0.310. The Morgan fingerprint density at radius 3 is 2.79 bits per heavy atom. The summed E-state index contributed by atoms with van der Waals surface area (Å²) in [7, 11) is 0. The minimum absolute atomic E-state index is 0.378. The number of fused-ring (bicyclic) bond motifs is 1. The van der Waals surface area contributed by atoms with Gasteiger partial charge in [0.15, 0.2) is 0 Å². The van der Waals surface area contributed by atoms with Gasteiger partial charge in [-0.2, -0.15) is 0 Å². The summed E-state index contributed by atoms with van der Waals surface area (Å²) in [6.45, 7) is 0. The van der Waals surface area contributed by atoms with Crippen molar-refractivity contribution in [3.05, 3.63) is 56.2 Å². The Balaban J connectivity index is 1.79. The molecule has 19 heavy (non-hydrogen) atoms. The van der Waals surface area contributed by atoms with Gasteiger partial charge in [-0.3, -0.25) is 0 Å². The largest absolute Gasteiger partial charge is 0.144 e. The van der Waals surface area contributed by atoms with Crippen LogP contribution in [0.15, 0.2) is 30.3 Å². The first-order valence-corrected chi connectivity index (χ1v) is 8.84. The SMILES string of the molecule is Clc1ccccc1CC(Br)c1cc2c(s1)CCCC2. The summed E-state index contributed by atoms with van der Waals surface area (Å²) in [5.41, 5.74) is 2.80. The first kappa shape index (κ1) is 13.7. The van der Waals surface area contributed by atoms with Crippen LogP contribution in [-0.4, -0.2) is 0 Å². The molecule has 0 radical (unpaired) electrons. The normalized spacial score (nSPS) is 16.1. The highest BCUT2D eigenvalue weighted by Crippen LogP contribution is 2.38. The van der Waals surface area contributed by atoms with E-state index in [1.807, 2.05) is 23.5 Å². The quantitative estimate of drug-likeness (QED) is 0.596. The third-order valence-electron chi connectivity index (χ3n) is 3.68. The van der Waals surface area contributed by atoms with Crippen molar-refractivity contribution in [3.63, 3.8) is 0 Å². The van der Waals surface area contributed by atoms with E-state index in [9.17, 15) is 0 Å². The summed E-state index contributed by atoms with van der Waals surface area (Å²) in [6, 6.07) is 10.5. The highest BCUT2D eigenvalue weighted by atomic mass is 79.9. The minimum Gasteiger partial charge on any atom is -0.144 e. The number of hydrogen-bond acceptors (Lipinski definition) is 1. The van der Waals surface area contributed by atoms with Crippen LogP contribution >= 0.6 is 38.9 Å². The second-order valence-electron chi connectivity index (χ2n) is 5.07. The van der Waals surface area contributed by atoms with Crippen molar-refractivity contribution < 1.29 is 0 Å². The van der Waals surface area contributed by atoms with E-state index >= 15 is 0 Å². The minimum atomic E-state index is 0.378. The molecule has 1 aromatic carbocycles. The van der Waals surface area contributed by atoms with Crippen molar-refractivity contribution >= 4 is 38.9 Å². The van der Waals surface area contributed by atoms with Gasteiger partial charge in [0.05, 0.1) is 4.83 Å². The Labute approximate surface area is 131 Å². The molecule has 3 rings (SSSR count). The number of aryl methyl sites for hydroxylation is 2. The zero-order valence-corrected chi connectivity index (χ0v) is 13.8. The monoisotopic (exact) mass is 354 g/mol. The summed E-state index contributed by atoms with van der Waals surface area (Å²) < 4.78 is 0. The number of halogens is 2. The first-order chi connectivity index (χ1) is 9.24. The van der Waals surface area contributed by atoms with Crippen molar-refractivity contribution in [3.8, 4) is 0 Å². The fourth-order valence-electron chi connectivity index (χ4n) is 2.63. The van der Waals surface area contributed by atoms with E-state index in [0.717, 1.165) is 11.4 Å². The number of hydrogen-bond donors (Lipinski definition) is 0. The molecule has 2 aromatic rings. The Morgan fingerprint density at radius 1 is 1.21 bits per heavy atom. The van der Waals surface area contributed by atoms with Gasteiger partial charge in [-0.05, 0) is 55.4 Å². The smallest absolute Gasteiger partial charge is 0.0530 e. The van der Waals surface area contributed by atoms with Crippen LogP contribution in [0.2, 0.25) is 5.02 Å². The summed E-state index contributed by atoms with van der Waals surface area (Å²) in [6.07, 6.45) is 6.19. The maximum Gasteiger partial charge on any atom is 0.0530 e. The van der Waals surface area contributed by atoms with Gasteiger partial charge < -0.3 is 0 Å². The third kappa shape index (κ3) is 3.07. The van der Waals surface area contributed by atoms with Gasteiger partial charge in [-0.25, -0.2) is 0 Å². The molecule has 0 nitrogen and oxygen atoms in total. The maximum absolute atomic E-state index is 6.24. The van der Waals surface area contributed by atoms with Crippen molar-refractivity contribution in [2.45, 2.75) is 36.9 Å². The van der Waals surface area contributed by atoms with Gasteiger partial charge in [0.2, 0.25) is 0 Å². The second kappa shape index (κ2) is 5.99. The molecule has 0 aliphatic heterocycles. The molecule has 0 N–H and O–H groups in total. The van der Waals surface area contributed by atoms with Crippen LogP contribution in [0.5, 0.6) is 0 Å². The predicted molar refractivity (Wildman–Crippen MR) is 87.8 cm³/mol. The lowest BCUT2D eigenvalue weighted by Crippen LogP contribution is -1.96. The molecule has 0 amide bonds. The summed E-state index contributed by atoms with van der Waals surface area (Å²) >= 11 is 12.1. The van der Waals surface area contributed by atoms with Crippen molar-refractivity contribution in [1.82, 2.24) is 0 Å². The average molecular weight is 356 g/mol. The molecule has 1 atom stereocenters. The van der Waals surface area contributed by atoms with Crippen molar-refractivity contribution in [2.75, 3.05) is 0 Å². The fraction of sp³-hybridized carbons (Fsp3) is 0.375. The zero-order chi connectivity index (χ0) is 13.2. The molecule has 0 saturated carbocycles. The van der Waals surface area contributed by atoms with E-state index < -0.39 is 0 Å². The molecule has 1 unspecified atom stereocenters. The number of benzene rings is 1. The number of rotatable bonds is 3. The van der Waals surface area contributed by atoms with Crippen LogP contribution < -0.4 is 0 Å². The first-order valence-electron chi connectivity index (χ1n) is 6.73. The van der Waals surface area contributed by atoms with E-state index in [1.54, 1.807) is 10.4 Å². The van der Waals surface area contributed by atoms with Gasteiger partial charge in [0.25, 0.3) is 0 Å². The van der Waals surface area contributed by atoms with E-state index in [4.69, 9.17) is 11.6 Å². The Kier molecular flexibility index (Phi) is 4.30. The number of thiophene rings is 1. The Morgan fingerprint density at radius 2 is 2.00 bits per heavy atom. The van der Waals surface area contributed by atoms with Gasteiger partial charge in [-0.15, -0.1) is 11.3 Å². The molecule has 0 saturated heterocycles. The standard InChI is InChI=1S/C16H16BrClS/c17-13(9-11-5-1-3-7-14(11)18)16-10-12-6-2-4-8-15(12)19-16/h1,3,5,7,10,13H,2,4,6,8-9H2.